The zero-order valence-corrected chi connectivity index (χ0v) is 12.6. The molecule has 0 aliphatic heterocycles. The van der Waals surface area contributed by atoms with Crippen LogP contribution in [0.1, 0.15) is 55.5 Å². The second kappa shape index (κ2) is 6.73. The van der Waals surface area contributed by atoms with E-state index in [-0.39, 0.29) is 24.0 Å². The van der Waals surface area contributed by atoms with Crippen LogP contribution in [0.2, 0.25) is 0 Å². The zero-order valence-electron chi connectivity index (χ0n) is 12.6. The van der Waals surface area contributed by atoms with E-state index in [9.17, 15) is 4.79 Å². The summed E-state index contributed by atoms with van der Waals surface area (Å²) in [6.45, 7) is 4.26. The molecule has 1 aromatic rings. The molecular weight excluding hydrogens is 264 g/mol. The Morgan fingerprint density at radius 1 is 1.57 bits per heavy atom. The Labute approximate surface area is 126 Å². The van der Waals surface area contributed by atoms with Crippen LogP contribution >= 0.6 is 0 Å². The third kappa shape index (κ3) is 4.30. The summed E-state index contributed by atoms with van der Waals surface area (Å²) in [4.78, 5) is 16.4. The Morgan fingerprint density at radius 3 is 3.10 bits per heavy atom. The Kier molecular flexibility index (Phi) is 4.98. The lowest BCUT2D eigenvalue weighted by atomic mass is 9.75. The first-order valence-electron chi connectivity index (χ1n) is 7.36. The number of nitrogens with zero attached hydrogens (tertiary/aromatic N) is 1. The summed E-state index contributed by atoms with van der Waals surface area (Å²) >= 11 is 0. The molecule has 1 fully saturated rings. The van der Waals surface area contributed by atoms with Crippen LogP contribution in [0.4, 0.5) is 0 Å². The Bertz CT molecular complexity index is 570. The number of pyridine rings is 1. The van der Waals surface area contributed by atoms with Gasteiger partial charge in [-0.2, -0.15) is 0 Å². The topological polar surface area (TPSA) is 62.2 Å². The lowest BCUT2D eigenvalue weighted by Crippen LogP contribution is -2.40. The summed E-state index contributed by atoms with van der Waals surface area (Å²) in [5.41, 5.74) is 1.36. The van der Waals surface area contributed by atoms with Crippen molar-refractivity contribution in [1.82, 2.24) is 10.3 Å². The summed E-state index contributed by atoms with van der Waals surface area (Å²) in [7, 11) is 0. The van der Waals surface area contributed by atoms with Crippen molar-refractivity contribution in [1.29, 1.82) is 0 Å². The molecular formula is C17H22N2O2. The number of amides is 1. The van der Waals surface area contributed by atoms with E-state index in [0.717, 1.165) is 19.3 Å². The van der Waals surface area contributed by atoms with Crippen LogP contribution in [-0.4, -0.2) is 28.6 Å². The number of aromatic nitrogens is 1. The smallest absolute Gasteiger partial charge is 0.252 e. The minimum absolute atomic E-state index is 0.109. The van der Waals surface area contributed by atoms with Gasteiger partial charge in [0, 0.05) is 18.4 Å². The van der Waals surface area contributed by atoms with Crippen molar-refractivity contribution >= 4 is 5.91 Å². The van der Waals surface area contributed by atoms with Gasteiger partial charge < -0.3 is 10.4 Å². The molecule has 1 heterocycles. The zero-order chi connectivity index (χ0) is 15.3. The van der Waals surface area contributed by atoms with Gasteiger partial charge in [0.15, 0.2) is 0 Å². The second-order valence-corrected chi connectivity index (χ2v) is 6.31. The van der Waals surface area contributed by atoms with Crippen LogP contribution in [0, 0.1) is 17.3 Å². The van der Waals surface area contributed by atoms with E-state index in [0.29, 0.717) is 11.1 Å². The maximum Gasteiger partial charge on any atom is 0.252 e. The molecule has 2 N–H and O–H groups in total. The summed E-state index contributed by atoms with van der Waals surface area (Å²) < 4.78 is 0. The van der Waals surface area contributed by atoms with E-state index >= 15 is 0 Å². The number of aliphatic hydroxyl groups excluding tert-OH is 1. The molecule has 1 aliphatic rings. The minimum Gasteiger partial charge on any atom is -0.384 e. The highest BCUT2D eigenvalue weighted by Crippen LogP contribution is 2.35. The van der Waals surface area contributed by atoms with Crippen LogP contribution in [0.15, 0.2) is 18.5 Å². The van der Waals surface area contributed by atoms with Gasteiger partial charge in [0.05, 0.1) is 11.1 Å². The van der Waals surface area contributed by atoms with E-state index in [1.54, 1.807) is 18.5 Å². The average Bonchev–Trinajstić information content (AvgIpc) is 2.44. The summed E-state index contributed by atoms with van der Waals surface area (Å²) in [5.74, 6) is 5.23. The van der Waals surface area contributed by atoms with Crippen molar-refractivity contribution in [3.63, 3.8) is 0 Å². The molecule has 21 heavy (non-hydrogen) atoms. The maximum absolute atomic E-state index is 12.4. The summed E-state index contributed by atoms with van der Waals surface area (Å²) in [5, 5.41) is 11.9. The summed E-state index contributed by atoms with van der Waals surface area (Å²) in [6.07, 6.45) is 7.53. The molecule has 0 spiro atoms. The third-order valence-electron chi connectivity index (χ3n) is 3.91. The van der Waals surface area contributed by atoms with Crippen molar-refractivity contribution in [3.8, 4) is 11.8 Å². The number of carbonyl (C=O) groups excluding carboxylic acids is 1. The fourth-order valence-electron chi connectivity index (χ4n) is 2.91. The van der Waals surface area contributed by atoms with Crippen molar-refractivity contribution in [2.24, 2.45) is 5.41 Å². The quantitative estimate of drug-likeness (QED) is 0.819. The van der Waals surface area contributed by atoms with Crippen LogP contribution in [-0.2, 0) is 0 Å². The number of carbonyl (C=O) groups is 1. The summed E-state index contributed by atoms with van der Waals surface area (Å²) in [6, 6.07) is 1.89. The number of hydrogen-bond donors (Lipinski definition) is 2. The largest absolute Gasteiger partial charge is 0.384 e. The van der Waals surface area contributed by atoms with Crippen LogP contribution in [0.3, 0.4) is 0 Å². The van der Waals surface area contributed by atoms with E-state index in [1.807, 2.05) is 0 Å². The molecule has 1 amide bonds. The number of hydrogen-bond acceptors (Lipinski definition) is 3. The van der Waals surface area contributed by atoms with Crippen molar-refractivity contribution in [2.75, 3.05) is 6.61 Å². The van der Waals surface area contributed by atoms with Crippen molar-refractivity contribution < 1.29 is 9.90 Å². The molecule has 4 nitrogen and oxygen atoms in total. The number of rotatable bonds is 2. The van der Waals surface area contributed by atoms with E-state index in [1.165, 1.54) is 6.42 Å². The Morgan fingerprint density at radius 2 is 2.38 bits per heavy atom. The first-order valence-corrected chi connectivity index (χ1v) is 7.36. The highest BCUT2D eigenvalue weighted by atomic mass is 16.2. The molecule has 0 aromatic carbocycles. The normalized spacial score (nSPS) is 20.2. The molecule has 4 heteroatoms. The highest BCUT2D eigenvalue weighted by molar-refractivity contribution is 5.96. The minimum atomic E-state index is -0.229. The fourth-order valence-corrected chi connectivity index (χ4v) is 2.91. The molecule has 0 saturated heterocycles. The van der Waals surface area contributed by atoms with E-state index < -0.39 is 0 Å². The SMILES string of the molecule is CC1(C)CCCC(NC(=O)c2ccncc2C#CCO)C1. The Hall–Kier alpha value is -1.86. The molecule has 1 aromatic heterocycles. The van der Waals surface area contributed by atoms with Gasteiger partial charge in [0.1, 0.15) is 6.61 Å². The highest BCUT2D eigenvalue weighted by Gasteiger charge is 2.29. The van der Waals surface area contributed by atoms with E-state index in [4.69, 9.17) is 5.11 Å². The molecule has 1 saturated carbocycles. The monoisotopic (exact) mass is 286 g/mol. The number of aliphatic hydroxyl groups is 1. The lowest BCUT2D eigenvalue weighted by molar-refractivity contribution is 0.0902. The molecule has 1 unspecified atom stereocenters. The Balaban J connectivity index is 2.10. The van der Waals surface area contributed by atoms with Crippen LogP contribution < -0.4 is 5.32 Å². The predicted octanol–water partition coefficient (Wildman–Crippen LogP) is 2.12. The van der Waals surface area contributed by atoms with Gasteiger partial charge in [-0.05, 0) is 30.7 Å². The van der Waals surface area contributed by atoms with Crippen LogP contribution in [0.5, 0.6) is 0 Å². The van der Waals surface area contributed by atoms with Gasteiger partial charge in [0.2, 0.25) is 0 Å². The first kappa shape index (κ1) is 15.5. The van der Waals surface area contributed by atoms with Crippen LogP contribution in [0.25, 0.3) is 0 Å². The number of nitrogens with one attached hydrogen (secondary N) is 1. The van der Waals surface area contributed by atoms with E-state index in [2.05, 4.69) is 36.0 Å². The molecule has 0 bridgehead atoms. The van der Waals surface area contributed by atoms with Gasteiger partial charge in [0.25, 0.3) is 5.91 Å². The predicted molar refractivity (Wildman–Crippen MR) is 81.7 cm³/mol. The van der Waals surface area contributed by atoms with Gasteiger partial charge in [-0.25, -0.2) is 0 Å². The first-order chi connectivity index (χ1) is 10.0. The average molecular weight is 286 g/mol. The molecule has 112 valence electrons. The fraction of sp³-hybridized carbons (Fsp3) is 0.529. The maximum atomic E-state index is 12.4. The van der Waals surface area contributed by atoms with Crippen molar-refractivity contribution in [2.45, 2.75) is 45.6 Å². The molecule has 1 aliphatic carbocycles. The lowest BCUT2D eigenvalue weighted by Gasteiger charge is -2.35. The van der Waals surface area contributed by atoms with Gasteiger partial charge in [-0.3, -0.25) is 9.78 Å². The third-order valence-corrected chi connectivity index (χ3v) is 3.91. The standard InChI is InChI=1S/C17H22N2O2/c1-17(2)8-3-6-14(11-17)19-16(21)15-7-9-18-12-13(15)5-4-10-20/h7,9,12,14,20H,3,6,8,10-11H2,1-2H3,(H,19,21). The van der Waals surface area contributed by atoms with Crippen molar-refractivity contribution in [3.05, 3.63) is 29.6 Å². The van der Waals surface area contributed by atoms with Gasteiger partial charge in [-0.1, -0.05) is 32.1 Å². The molecule has 1 atom stereocenters. The molecule has 0 radical (unpaired) electrons. The van der Waals surface area contributed by atoms with Gasteiger partial charge in [-0.15, -0.1) is 0 Å². The van der Waals surface area contributed by atoms with Gasteiger partial charge >= 0.3 is 0 Å². The second-order valence-electron chi connectivity index (χ2n) is 6.31. The molecule has 2 rings (SSSR count).